The average Bonchev–Trinajstić information content (AvgIpc) is 3.21. The molecule has 0 spiro atoms. The van der Waals surface area contributed by atoms with Crippen LogP contribution in [-0.2, 0) is 11.3 Å². The Bertz CT molecular complexity index is 1300. The summed E-state index contributed by atoms with van der Waals surface area (Å²) >= 11 is 25.5. The third-order valence-electron chi connectivity index (χ3n) is 5.09. The second-order valence-electron chi connectivity index (χ2n) is 8.48. The van der Waals surface area contributed by atoms with Gasteiger partial charge in [-0.3, -0.25) is 9.59 Å². The van der Waals surface area contributed by atoms with E-state index >= 15 is 0 Å². The highest BCUT2D eigenvalue weighted by molar-refractivity contribution is 7.99. The van der Waals surface area contributed by atoms with E-state index in [-0.39, 0.29) is 28.5 Å². The summed E-state index contributed by atoms with van der Waals surface area (Å²) in [6.45, 7) is 8.31. The second kappa shape index (κ2) is 13.5. The highest BCUT2D eigenvalue weighted by Gasteiger charge is 2.25. The molecule has 7 nitrogen and oxygen atoms in total. The van der Waals surface area contributed by atoms with E-state index in [1.807, 2.05) is 18.4 Å². The number of thioether (sulfide) groups is 1. The minimum Gasteiger partial charge on any atom is -0.342 e. The summed E-state index contributed by atoms with van der Waals surface area (Å²) in [5.41, 5.74) is 0.771. The van der Waals surface area contributed by atoms with Gasteiger partial charge in [-0.15, -0.1) is 16.8 Å². The molecule has 0 radical (unpaired) electrons. The summed E-state index contributed by atoms with van der Waals surface area (Å²) in [5, 5.41) is 16.5. The summed E-state index contributed by atoms with van der Waals surface area (Å²) in [6, 6.07) is 9.08. The first-order chi connectivity index (χ1) is 17.6. The monoisotopic (exact) mass is 599 g/mol. The number of halogens is 4. The van der Waals surface area contributed by atoms with Gasteiger partial charge in [0.05, 0.1) is 33.1 Å². The highest BCUT2D eigenvalue weighted by atomic mass is 35.5. The first kappa shape index (κ1) is 29.3. The highest BCUT2D eigenvalue weighted by Crippen LogP contribution is 2.28. The molecular formula is C25H25Cl4N5O2S. The molecule has 3 rings (SSSR count). The van der Waals surface area contributed by atoms with Crippen molar-refractivity contribution >= 4 is 75.7 Å². The number of hydrogen-bond donors (Lipinski definition) is 2. The molecule has 0 bridgehead atoms. The Kier molecular flexibility index (Phi) is 10.7. The summed E-state index contributed by atoms with van der Waals surface area (Å²) < 4.78 is 1.83. The molecule has 2 amide bonds. The molecule has 1 atom stereocenters. The van der Waals surface area contributed by atoms with Gasteiger partial charge < -0.3 is 15.2 Å². The third-order valence-corrected chi connectivity index (χ3v) is 7.16. The molecule has 1 heterocycles. The molecule has 0 aliphatic heterocycles. The van der Waals surface area contributed by atoms with E-state index in [4.69, 9.17) is 46.4 Å². The minimum atomic E-state index is -0.456. The van der Waals surface area contributed by atoms with Crippen LogP contribution in [-0.4, -0.2) is 32.3 Å². The van der Waals surface area contributed by atoms with Crippen LogP contribution in [0.5, 0.6) is 0 Å². The number of rotatable bonds is 11. The van der Waals surface area contributed by atoms with Crippen LogP contribution in [0.3, 0.4) is 0 Å². The van der Waals surface area contributed by atoms with E-state index in [1.165, 1.54) is 17.8 Å². The number of anilines is 1. The normalized spacial score (nSPS) is 11.9. The minimum absolute atomic E-state index is 0.0653. The zero-order chi connectivity index (χ0) is 27.1. The Labute approximate surface area is 239 Å². The molecular weight excluding hydrogens is 576 g/mol. The zero-order valence-electron chi connectivity index (χ0n) is 20.1. The number of aromatic nitrogens is 3. The second-order valence-corrected chi connectivity index (χ2v) is 11.1. The predicted octanol–water partition coefficient (Wildman–Crippen LogP) is 7.33. The smallest absolute Gasteiger partial charge is 0.253 e. The van der Waals surface area contributed by atoms with Gasteiger partial charge in [0.25, 0.3) is 5.91 Å². The molecule has 1 aromatic heterocycles. The van der Waals surface area contributed by atoms with Crippen LogP contribution in [0.25, 0.3) is 0 Å². The molecule has 196 valence electrons. The van der Waals surface area contributed by atoms with Crippen LogP contribution in [0.1, 0.15) is 42.5 Å². The lowest BCUT2D eigenvalue weighted by atomic mass is 10.0. The van der Waals surface area contributed by atoms with Crippen molar-refractivity contribution in [3.63, 3.8) is 0 Å². The molecule has 37 heavy (non-hydrogen) atoms. The van der Waals surface area contributed by atoms with Gasteiger partial charge in [-0.1, -0.05) is 78.1 Å². The number of carbonyl (C=O) groups is 2. The van der Waals surface area contributed by atoms with E-state index in [0.29, 0.717) is 50.3 Å². The summed E-state index contributed by atoms with van der Waals surface area (Å²) in [4.78, 5) is 25.6. The number of amides is 2. The van der Waals surface area contributed by atoms with Gasteiger partial charge in [0.15, 0.2) is 11.0 Å². The molecule has 0 aliphatic carbocycles. The van der Waals surface area contributed by atoms with Crippen LogP contribution < -0.4 is 10.6 Å². The van der Waals surface area contributed by atoms with E-state index in [9.17, 15) is 9.59 Å². The first-order valence-electron chi connectivity index (χ1n) is 11.3. The van der Waals surface area contributed by atoms with Crippen molar-refractivity contribution in [3.05, 3.63) is 80.5 Å². The quantitative estimate of drug-likeness (QED) is 0.178. The van der Waals surface area contributed by atoms with E-state index in [2.05, 4.69) is 27.4 Å². The number of allylic oxidation sites excluding steroid dienone is 1. The number of carbonyl (C=O) groups excluding carboxylic acids is 2. The maximum absolute atomic E-state index is 13.1. The zero-order valence-corrected chi connectivity index (χ0v) is 23.9. The molecule has 3 aromatic rings. The fourth-order valence-electron chi connectivity index (χ4n) is 3.48. The van der Waals surface area contributed by atoms with Crippen LogP contribution in [0.4, 0.5) is 5.69 Å². The van der Waals surface area contributed by atoms with Crippen molar-refractivity contribution in [2.45, 2.75) is 38.0 Å². The molecule has 0 saturated heterocycles. The lowest BCUT2D eigenvalue weighted by Gasteiger charge is -2.21. The number of benzene rings is 2. The summed E-state index contributed by atoms with van der Waals surface area (Å²) in [7, 11) is 0. The molecule has 2 N–H and O–H groups in total. The van der Waals surface area contributed by atoms with Crippen LogP contribution in [0.15, 0.2) is 54.2 Å². The van der Waals surface area contributed by atoms with Crippen molar-refractivity contribution in [2.75, 3.05) is 11.1 Å². The summed E-state index contributed by atoms with van der Waals surface area (Å²) in [6.07, 6.45) is 2.31. The van der Waals surface area contributed by atoms with Crippen molar-refractivity contribution in [3.8, 4) is 0 Å². The molecule has 0 fully saturated rings. The fraction of sp³-hybridized carbons (Fsp3) is 0.280. The maximum Gasteiger partial charge on any atom is 0.253 e. The standard InChI is InChI=1S/C25H25Cl4N5O2S/c1-4-9-34-23(21(10-14(2)3)31-24(36)17-7-5-15(26)11-18(17)28)32-33-25(34)37-13-22(35)30-20-8-6-16(27)12-19(20)29/h4-8,11-12,14,21H,1,9-10,13H2,2-3H3,(H,30,35)(H,31,36)/t21-/m0/s1. The SMILES string of the molecule is C=CCn1c(SCC(=O)Nc2ccc(Cl)cc2Cl)nnc1[C@H](CC(C)C)NC(=O)c1ccc(Cl)cc1Cl. The van der Waals surface area contributed by atoms with Gasteiger partial charge >= 0.3 is 0 Å². The van der Waals surface area contributed by atoms with Gasteiger partial charge in [-0.2, -0.15) is 0 Å². The lowest BCUT2D eigenvalue weighted by Crippen LogP contribution is -2.32. The summed E-state index contributed by atoms with van der Waals surface area (Å²) in [5.74, 6) is 0.235. The molecule has 0 unspecified atom stereocenters. The maximum atomic E-state index is 13.1. The third kappa shape index (κ3) is 8.12. The molecule has 2 aromatic carbocycles. The van der Waals surface area contributed by atoms with Gasteiger partial charge in [0, 0.05) is 16.6 Å². The van der Waals surface area contributed by atoms with Crippen LogP contribution in [0, 0.1) is 5.92 Å². The van der Waals surface area contributed by atoms with Crippen molar-refractivity contribution in [1.29, 1.82) is 0 Å². The molecule has 0 aliphatic rings. The van der Waals surface area contributed by atoms with Crippen molar-refractivity contribution in [2.24, 2.45) is 5.92 Å². The molecule has 12 heteroatoms. The Balaban J connectivity index is 1.79. The van der Waals surface area contributed by atoms with Gasteiger partial charge in [-0.25, -0.2) is 0 Å². The largest absolute Gasteiger partial charge is 0.342 e. The Morgan fingerprint density at radius 2 is 1.73 bits per heavy atom. The van der Waals surface area contributed by atoms with Crippen LogP contribution >= 0.6 is 58.2 Å². The fourth-order valence-corrected chi connectivity index (χ4v) is 5.19. The van der Waals surface area contributed by atoms with Crippen LogP contribution in [0.2, 0.25) is 20.1 Å². The Morgan fingerprint density at radius 3 is 2.35 bits per heavy atom. The van der Waals surface area contributed by atoms with E-state index in [1.54, 1.807) is 36.4 Å². The predicted molar refractivity (Wildman–Crippen MR) is 152 cm³/mol. The average molecular weight is 601 g/mol. The van der Waals surface area contributed by atoms with E-state index in [0.717, 1.165) is 0 Å². The van der Waals surface area contributed by atoms with Gasteiger partial charge in [0.1, 0.15) is 0 Å². The Morgan fingerprint density at radius 1 is 1.05 bits per heavy atom. The van der Waals surface area contributed by atoms with Crippen molar-refractivity contribution in [1.82, 2.24) is 20.1 Å². The van der Waals surface area contributed by atoms with Gasteiger partial charge in [-0.05, 0) is 48.7 Å². The van der Waals surface area contributed by atoms with Crippen molar-refractivity contribution < 1.29 is 9.59 Å². The molecule has 0 saturated carbocycles. The lowest BCUT2D eigenvalue weighted by molar-refractivity contribution is -0.113. The van der Waals surface area contributed by atoms with Gasteiger partial charge in [0.2, 0.25) is 5.91 Å². The Hall–Kier alpha value is -2.23. The first-order valence-corrected chi connectivity index (χ1v) is 13.8. The number of nitrogens with zero attached hydrogens (tertiary/aromatic N) is 3. The van der Waals surface area contributed by atoms with E-state index < -0.39 is 6.04 Å². The number of hydrogen-bond acceptors (Lipinski definition) is 5. The topological polar surface area (TPSA) is 88.9 Å². The number of nitrogens with one attached hydrogen (secondary N) is 2.